The molecular formula is C12H14N4. The molecule has 0 aliphatic carbocycles. The van der Waals surface area contributed by atoms with Gasteiger partial charge >= 0.3 is 0 Å². The number of aromatic nitrogens is 2. The van der Waals surface area contributed by atoms with Crippen molar-refractivity contribution >= 4 is 11.0 Å². The predicted molar refractivity (Wildman–Crippen MR) is 62.8 cm³/mol. The smallest absolute Gasteiger partial charge is 0.123 e. The summed E-state index contributed by atoms with van der Waals surface area (Å²) in [6.45, 7) is 0.799. The third-order valence-corrected chi connectivity index (χ3v) is 2.56. The minimum Gasteiger partial charge on any atom is -0.330 e. The van der Waals surface area contributed by atoms with Crippen LogP contribution in [-0.4, -0.2) is 28.5 Å². The summed E-state index contributed by atoms with van der Waals surface area (Å²) in [5.41, 5.74) is 2.63. The van der Waals surface area contributed by atoms with Gasteiger partial charge in [0.1, 0.15) is 5.82 Å². The van der Waals surface area contributed by atoms with Gasteiger partial charge in [0.2, 0.25) is 0 Å². The second-order valence-corrected chi connectivity index (χ2v) is 4.14. The average molecular weight is 214 g/mol. The fourth-order valence-electron chi connectivity index (χ4n) is 1.73. The Morgan fingerprint density at radius 3 is 2.81 bits per heavy atom. The molecule has 0 atom stereocenters. The minimum absolute atomic E-state index is 0.673. The molecule has 0 aliphatic rings. The first-order valence-electron chi connectivity index (χ1n) is 5.12. The topological polar surface area (TPSA) is 44.9 Å². The zero-order valence-electron chi connectivity index (χ0n) is 9.73. The quantitative estimate of drug-likeness (QED) is 0.761. The van der Waals surface area contributed by atoms with Crippen LogP contribution in [-0.2, 0) is 13.6 Å². The molecule has 0 aliphatic heterocycles. The summed E-state index contributed by atoms with van der Waals surface area (Å²) in [6, 6.07) is 7.72. The van der Waals surface area contributed by atoms with Gasteiger partial charge < -0.3 is 9.47 Å². The van der Waals surface area contributed by atoms with E-state index in [-0.39, 0.29) is 0 Å². The van der Waals surface area contributed by atoms with E-state index in [1.54, 1.807) is 6.07 Å². The highest BCUT2D eigenvalue weighted by molar-refractivity contribution is 5.77. The monoisotopic (exact) mass is 214 g/mol. The summed E-state index contributed by atoms with van der Waals surface area (Å²) in [7, 11) is 6.01. The van der Waals surface area contributed by atoms with Crippen molar-refractivity contribution in [3.8, 4) is 6.07 Å². The Hall–Kier alpha value is -1.86. The van der Waals surface area contributed by atoms with Crippen molar-refractivity contribution in [3.63, 3.8) is 0 Å². The Labute approximate surface area is 94.7 Å². The second kappa shape index (κ2) is 3.95. The Morgan fingerprint density at radius 1 is 1.44 bits per heavy atom. The van der Waals surface area contributed by atoms with Gasteiger partial charge in [-0.3, -0.25) is 0 Å². The van der Waals surface area contributed by atoms with Crippen molar-refractivity contribution in [2.24, 2.45) is 7.05 Å². The summed E-state index contributed by atoms with van der Waals surface area (Å²) in [5.74, 6) is 1.01. The number of nitriles is 1. The van der Waals surface area contributed by atoms with Gasteiger partial charge in [-0.15, -0.1) is 0 Å². The molecule has 1 aromatic heterocycles. The molecule has 0 spiro atoms. The van der Waals surface area contributed by atoms with Gasteiger partial charge in [-0.25, -0.2) is 4.98 Å². The summed E-state index contributed by atoms with van der Waals surface area (Å²) in [4.78, 5) is 6.62. The number of hydrogen-bond donors (Lipinski definition) is 0. The Balaban J connectivity index is 2.56. The third kappa shape index (κ3) is 1.77. The Bertz CT molecular complexity index is 560. The van der Waals surface area contributed by atoms with Gasteiger partial charge in [0.05, 0.1) is 29.2 Å². The zero-order valence-corrected chi connectivity index (χ0v) is 9.73. The van der Waals surface area contributed by atoms with E-state index in [1.165, 1.54) is 0 Å². The van der Waals surface area contributed by atoms with Crippen molar-refractivity contribution in [1.82, 2.24) is 14.5 Å². The average Bonchev–Trinajstić information content (AvgIpc) is 2.55. The first-order chi connectivity index (χ1) is 7.61. The molecule has 2 aromatic rings. The molecule has 1 heterocycles. The number of nitrogens with zero attached hydrogens (tertiary/aromatic N) is 4. The lowest BCUT2D eigenvalue weighted by molar-refractivity contribution is 0.386. The molecular weight excluding hydrogens is 200 g/mol. The van der Waals surface area contributed by atoms with E-state index in [9.17, 15) is 0 Å². The van der Waals surface area contributed by atoms with Gasteiger partial charge in [0, 0.05) is 7.05 Å². The van der Waals surface area contributed by atoms with Crippen LogP contribution < -0.4 is 0 Å². The van der Waals surface area contributed by atoms with Gasteiger partial charge in [-0.05, 0) is 32.3 Å². The van der Waals surface area contributed by atoms with Gasteiger partial charge in [0.25, 0.3) is 0 Å². The van der Waals surface area contributed by atoms with Crippen molar-refractivity contribution in [3.05, 3.63) is 29.6 Å². The molecule has 0 fully saturated rings. The maximum Gasteiger partial charge on any atom is 0.123 e. The number of imidazole rings is 1. The normalized spacial score (nSPS) is 10.9. The number of fused-ring (bicyclic) bond motifs is 1. The molecule has 82 valence electrons. The lowest BCUT2D eigenvalue weighted by atomic mass is 10.2. The predicted octanol–water partition coefficient (Wildman–Crippen LogP) is 1.51. The molecule has 16 heavy (non-hydrogen) atoms. The van der Waals surface area contributed by atoms with Crippen LogP contribution in [0, 0.1) is 11.3 Å². The SMILES string of the molecule is CN(C)Cc1nc2ccc(C#N)cc2n1C. The van der Waals surface area contributed by atoms with Gasteiger partial charge in [-0.1, -0.05) is 0 Å². The third-order valence-electron chi connectivity index (χ3n) is 2.56. The Kier molecular flexibility index (Phi) is 2.63. The van der Waals surface area contributed by atoms with E-state index in [2.05, 4.69) is 16.0 Å². The van der Waals surface area contributed by atoms with E-state index < -0.39 is 0 Å². The van der Waals surface area contributed by atoms with Crippen LogP contribution in [0.5, 0.6) is 0 Å². The van der Waals surface area contributed by atoms with Crippen LogP contribution >= 0.6 is 0 Å². The van der Waals surface area contributed by atoms with E-state index in [1.807, 2.05) is 37.8 Å². The summed E-state index contributed by atoms with van der Waals surface area (Å²) in [6.07, 6.45) is 0. The second-order valence-electron chi connectivity index (χ2n) is 4.14. The number of aryl methyl sites for hydroxylation is 1. The molecule has 1 aromatic carbocycles. The molecule has 0 radical (unpaired) electrons. The molecule has 4 heteroatoms. The molecule has 4 nitrogen and oxygen atoms in total. The molecule has 0 saturated carbocycles. The van der Waals surface area contributed by atoms with Crippen LogP contribution in [0.4, 0.5) is 0 Å². The molecule has 0 amide bonds. The first kappa shape index (κ1) is 10.7. The van der Waals surface area contributed by atoms with E-state index in [0.717, 1.165) is 23.4 Å². The fourth-order valence-corrected chi connectivity index (χ4v) is 1.73. The number of hydrogen-bond acceptors (Lipinski definition) is 3. The van der Waals surface area contributed by atoms with E-state index >= 15 is 0 Å². The highest BCUT2D eigenvalue weighted by Crippen LogP contribution is 2.17. The Morgan fingerprint density at radius 2 is 2.19 bits per heavy atom. The lowest BCUT2D eigenvalue weighted by Crippen LogP contribution is -2.14. The number of benzene rings is 1. The van der Waals surface area contributed by atoms with Crippen LogP contribution in [0.3, 0.4) is 0 Å². The minimum atomic E-state index is 0.673. The highest BCUT2D eigenvalue weighted by Gasteiger charge is 2.08. The van der Waals surface area contributed by atoms with Crippen molar-refractivity contribution < 1.29 is 0 Å². The maximum absolute atomic E-state index is 8.85. The van der Waals surface area contributed by atoms with Gasteiger partial charge in [0.15, 0.2) is 0 Å². The zero-order chi connectivity index (χ0) is 11.7. The van der Waals surface area contributed by atoms with Crippen molar-refractivity contribution in [2.75, 3.05) is 14.1 Å². The van der Waals surface area contributed by atoms with Crippen molar-refractivity contribution in [2.45, 2.75) is 6.54 Å². The van der Waals surface area contributed by atoms with Crippen molar-refractivity contribution in [1.29, 1.82) is 5.26 Å². The molecule has 0 bridgehead atoms. The summed E-state index contributed by atoms with van der Waals surface area (Å²) < 4.78 is 2.04. The first-order valence-corrected chi connectivity index (χ1v) is 5.12. The molecule has 0 N–H and O–H groups in total. The summed E-state index contributed by atoms with van der Waals surface area (Å²) in [5, 5.41) is 8.85. The lowest BCUT2D eigenvalue weighted by Gasteiger charge is -2.08. The number of rotatable bonds is 2. The van der Waals surface area contributed by atoms with Crippen LogP contribution in [0.15, 0.2) is 18.2 Å². The highest BCUT2D eigenvalue weighted by atomic mass is 15.1. The van der Waals surface area contributed by atoms with Crippen LogP contribution in [0.25, 0.3) is 11.0 Å². The standard InChI is InChI=1S/C12H14N4/c1-15(2)8-12-14-10-5-4-9(7-13)6-11(10)16(12)3/h4-6H,8H2,1-3H3. The van der Waals surface area contributed by atoms with Crippen LogP contribution in [0.2, 0.25) is 0 Å². The molecule has 2 rings (SSSR count). The van der Waals surface area contributed by atoms with Crippen LogP contribution in [0.1, 0.15) is 11.4 Å². The van der Waals surface area contributed by atoms with E-state index in [4.69, 9.17) is 5.26 Å². The largest absolute Gasteiger partial charge is 0.330 e. The van der Waals surface area contributed by atoms with Gasteiger partial charge in [-0.2, -0.15) is 5.26 Å². The van der Waals surface area contributed by atoms with E-state index in [0.29, 0.717) is 5.56 Å². The maximum atomic E-state index is 8.85. The molecule has 0 unspecified atom stereocenters. The molecule has 0 saturated heterocycles. The summed E-state index contributed by atoms with van der Waals surface area (Å²) >= 11 is 0. The fraction of sp³-hybridized carbons (Fsp3) is 0.333.